The molecular formula is C38H24F13N3O11. The molecule has 0 radical (unpaired) electrons. The lowest BCUT2D eigenvalue weighted by Crippen LogP contribution is -2.42. The van der Waals surface area contributed by atoms with Crippen molar-refractivity contribution >= 4 is 42.2 Å². The lowest BCUT2D eigenvalue weighted by Gasteiger charge is -2.17. The van der Waals surface area contributed by atoms with E-state index in [0.717, 1.165) is 13.1 Å². The van der Waals surface area contributed by atoms with E-state index in [1.807, 2.05) is 0 Å². The summed E-state index contributed by atoms with van der Waals surface area (Å²) in [5, 5.41) is 3.93. The van der Waals surface area contributed by atoms with Crippen molar-refractivity contribution in [2.24, 2.45) is 0 Å². The fourth-order valence-corrected chi connectivity index (χ4v) is 4.57. The standard InChI is InChI=1S/C38H24F13N3O11/c1-54(11-21(55)52-15-38(49,50)51)35(57)63-20-8-4-17(5-9-20)12-60-34(56)53-19-6-2-16(3-7-19)10-18(13-61-36(58)64-32-28(45)24(41)22(39)25(42)29(32)46)14-62-37(59)65-33-30(47)26(43)23(40)27(44)31(33)48/h2-10H,11-15H2,1H3,(H,52,55)(H,53,56). The molecule has 0 bridgehead atoms. The summed E-state index contributed by atoms with van der Waals surface area (Å²) < 4.78 is 201. The molecule has 0 atom stereocenters. The number of likely N-dealkylation sites (N-methyl/N-ethyl adjacent to an activating group) is 1. The molecule has 0 heterocycles. The van der Waals surface area contributed by atoms with Gasteiger partial charge in [0.25, 0.3) is 0 Å². The van der Waals surface area contributed by atoms with Gasteiger partial charge in [-0.25, -0.2) is 45.5 Å². The lowest BCUT2D eigenvalue weighted by atomic mass is 10.1. The van der Waals surface area contributed by atoms with Crippen LogP contribution in [0.25, 0.3) is 6.08 Å². The highest BCUT2D eigenvalue weighted by atomic mass is 19.4. The molecule has 0 saturated carbocycles. The number of rotatable bonds is 14. The molecule has 0 aromatic heterocycles. The zero-order chi connectivity index (χ0) is 48.3. The number of nitrogens with one attached hydrogen (secondary N) is 2. The molecule has 65 heavy (non-hydrogen) atoms. The van der Waals surface area contributed by atoms with Crippen LogP contribution < -0.4 is 24.8 Å². The highest BCUT2D eigenvalue weighted by Crippen LogP contribution is 2.31. The molecule has 0 fully saturated rings. The SMILES string of the molecule is CN(CC(=O)NCC(F)(F)F)C(=O)Oc1ccc(COC(=O)Nc2ccc(C=C(COC(=O)Oc3c(F)c(F)c(F)c(F)c3F)COC(=O)Oc3c(F)c(F)c(F)c(F)c3F)cc2)cc1. The minimum atomic E-state index is -4.66. The van der Waals surface area contributed by atoms with E-state index in [1.165, 1.54) is 48.5 Å². The molecular weight excluding hydrogens is 921 g/mol. The number of hydrogen-bond acceptors (Lipinski definition) is 11. The monoisotopic (exact) mass is 945 g/mol. The van der Waals surface area contributed by atoms with Gasteiger partial charge in [-0.3, -0.25) is 10.1 Å². The van der Waals surface area contributed by atoms with Gasteiger partial charge < -0.3 is 38.6 Å². The second kappa shape index (κ2) is 21.6. The number of hydrogen-bond donors (Lipinski definition) is 2. The van der Waals surface area contributed by atoms with Crippen LogP contribution in [-0.4, -0.2) is 74.8 Å². The van der Waals surface area contributed by atoms with Crippen LogP contribution in [0.15, 0.2) is 54.1 Å². The Balaban J connectivity index is 1.38. The van der Waals surface area contributed by atoms with Crippen LogP contribution in [0.4, 0.5) is 81.9 Å². The van der Waals surface area contributed by atoms with Crippen molar-refractivity contribution in [2.45, 2.75) is 12.8 Å². The van der Waals surface area contributed by atoms with Crippen molar-refractivity contribution in [3.63, 3.8) is 0 Å². The Morgan fingerprint density at radius 3 is 1.49 bits per heavy atom. The van der Waals surface area contributed by atoms with E-state index in [0.29, 0.717) is 10.5 Å². The first-order chi connectivity index (χ1) is 30.4. The largest absolute Gasteiger partial charge is 0.514 e. The predicted octanol–water partition coefficient (Wildman–Crippen LogP) is 8.75. The molecule has 0 aliphatic carbocycles. The second-order valence-electron chi connectivity index (χ2n) is 12.5. The highest BCUT2D eigenvalue weighted by Gasteiger charge is 2.31. The molecule has 0 unspecified atom stereocenters. The maximum Gasteiger partial charge on any atom is 0.514 e. The van der Waals surface area contributed by atoms with E-state index in [-0.39, 0.29) is 23.6 Å². The van der Waals surface area contributed by atoms with E-state index >= 15 is 0 Å². The summed E-state index contributed by atoms with van der Waals surface area (Å²) in [7, 11) is 1.10. The Labute approximate surface area is 354 Å². The summed E-state index contributed by atoms with van der Waals surface area (Å²) in [5.74, 6) is -30.6. The van der Waals surface area contributed by atoms with E-state index in [4.69, 9.17) is 9.47 Å². The number of anilines is 1. The fourth-order valence-electron chi connectivity index (χ4n) is 4.57. The fraction of sp³-hybridized carbons (Fsp3) is 0.184. The number of halogens is 13. The topological polar surface area (TPSA) is 168 Å². The molecule has 4 rings (SSSR count). The number of benzene rings is 4. The van der Waals surface area contributed by atoms with Gasteiger partial charge in [0.1, 0.15) is 38.7 Å². The van der Waals surface area contributed by atoms with E-state index in [2.05, 4.69) is 24.3 Å². The first-order valence-corrected chi connectivity index (χ1v) is 17.3. The van der Waals surface area contributed by atoms with Crippen LogP contribution >= 0.6 is 0 Å². The Morgan fingerprint density at radius 1 is 0.600 bits per heavy atom. The molecule has 3 amide bonds. The van der Waals surface area contributed by atoms with Gasteiger partial charge in [0.05, 0.1) is 0 Å². The van der Waals surface area contributed by atoms with Gasteiger partial charge >= 0.3 is 30.7 Å². The normalized spacial score (nSPS) is 10.9. The van der Waals surface area contributed by atoms with Gasteiger partial charge in [0.2, 0.25) is 75.6 Å². The number of nitrogens with zero attached hydrogens (tertiary/aromatic N) is 1. The molecule has 0 spiro atoms. The summed E-state index contributed by atoms with van der Waals surface area (Å²) in [6.07, 6.45) is -9.93. The van der Waals surface area contributed by atoms with Gasteiger partial charge in [-0.1, -0.05) is 24.3 Å². The molecule has 4 aromatic carbocycles. The van der Waals surface area contributed by atoms with Crippen molar-refractivity contribution in [3.05, 3.63) is 123 Å². The van der Waals surface area contributed by atoms with Crippen molar-refractivity contribution in [3.8, 4) is 17.2 Å². The van der Waals surface area contributed by atoms with Crippen LogP contribution in [0, 0.1) is 58.2 Å². The molecule has 4 aromatic rings. The Bertz CT molecular complexity index is 2340. The number of carbonyl (C=O) groups is 5. The first-order valence-electron chi connectivity index (χ1n) is 17.3. The molecule has 27 heteroatoms. The summed E-state index contributed by atoms with van der Waals surface area (Å²) in [6, 6.07) is 10.2. The van der Waals surface area contributed by atoms with Crippen LogP contribution in [0.5, 0.6) is 17.2 Å². The highest BCUT2D eigenvalue weighted by molar-refractivity contribution is 5.85. The molecule has 14 nitrogen and oxygen atoms in total. The number of ether oxygens (including phenoxy) is 6. The van der Waals surface area contributed by atoms with Crippen molar-refractivity contribution in [2.75, 3.05) is 38.7 Å². The summed E-state index contributed by atoms with van der Waals surface area (Å²) in [4.78, 5) is 61.3. The predicted molar refractivity (Wildman–Crippen MR) is 189 cm³/mol. The number of amides is 3. The van der Waals surface area contributed by atoms with E-state index in [9.17, 15) is 81.0 Å². The molecule has 0 saturated heterocycles. The van der Waals surface area contributed by atoms with Crippen LogP contribution in [0.1, 0.15) is 11.1 Å². The van der Waals surface area contributed by atoms with Gasteiger partial charge in [-0.2, -0.15) is 30.7 Å². The smallest absolute Gasteiger partial charge is 0.444 e. The van der Waals surface area contributed by atoms with Gasteiger partial charge in [0.15, 0.2) is 0 Å². The number of alkyl halides is 3. The average Bonchev–Trinajstić information content (AvgIpc) is 3.26. The van der Waals surface area contributed by atoms with Crippen molar-refractivity contribution in [1.29, 1.82) is 0 Å². The summed E-state index contributed by atoms with van der Waals surface area (Å²) in [6.45, 7) is -4.93. The minimum Gasteiger partial charge on any atom is -0.444 e. The van der Waals surface area contributed by atoms with Gasteiger partial charge in [0, 0.05) is 18.3 Å². The van der Waals surface area contributed by atoms with Crippen molar-refractivity contribution < 1.29 is 109 Å². The quantitative estimate of drug-likeness (QED) is 0.0310. The zero-order valence-corrected chi connectivity index (χ0v) is 32.1. The summed E-state index contributed by atoms with van der Waals surface area (Å²) >= 11 is 0. The zero-order valence-electron chi connectivity index (χ0n) is 32.1. The lowest BCUT2D eigenvalue weighted by molar-refractivity contribution is -0.138. The maximum atomic E-state index is 14.0. The van der Waals surface area contributed by atoms with Crippen LogP contribution in [0.3, 0.4) is 0 Å². The van der Waals surface area contributed by atoms with Gasteiger partial charge in [-0.05, 0) is 41.5 Å². The molecule has 0 aliphatic rings. The Kier molecular flexibility index (Phi) is 16.6. The third-order valence-corrected chi connectivity index (χ3v) is 7.67. The molecule has 2 N–H and O–H groups in total. The average molecular weight is 946 g/mol. The Hall–Kier alpha value is -7.74. The van der Waals surface area contributed by atoms with Crippen LogP contribution in [0.2, 0.25) is 0 Å². The van der Waals surface area contributed by atoms with E-state index < -0.39 is 138 Å². The number of carbonyl (C=O) groups excluding carboxylic acids is 5. The van der Waals surface area contributed by atoms with Crippen LogP contribution in [-0.2, 0) is 25.6 Å². The summed E-state index contributed by atoms with van der Waals surface area (Å²) in [5.41, 5.74) is 0.111. The van der Waals surface area contributed by atoms with Crippen molar-refractivity contribution in [1.82, 2.24) is 10.2 Å². The minimum absolute atomic E-state index is 0.0469. The Morgan fingerprint density at radius 2 is 1.05 bits per heavy atom. The van der Waals surface area contributed by atoms with Gasteiger partial charge in [-0.15, -0.1) is 0 Å². The maximum absolute atomic E-state index is 14.0. The second-order valence-corrected chi connectivity index (χ2v) is 12.5. The molecule has 348 valence electrons. The van der Waals surface area contributed by atoms with E-state index in [1.54, 1.807) is 5.32 Å². The first kappa shape index (κ1) is 49.9. The third-order valence-electron chi connectivity index (χ3n) is 7.67. The molecule has 0 aliphatic heterocycles. The third kappa shape index (κ3) is 13.9.